The van der Waals surface area contributed by atoms with E-state index in [1.807, 2.05) is 6.92 Å². The first-order chi connectivity index (χ1) is 8.97. The van der Waals surface area contributed by atoms with Crippen molar-refractivity contribution in [1.82, 2.24) is 0 Å². The fourth-order valence-electron chi connectivity index (χ4n) is 2.90. The Morgan fingerprint density at radius 1 is 0.900 bits per heavy atom. The third-order valence-corrected chi connectivity index (χ3v) is 3.94. The molecule has 1 unspecified atom stereocenters. The van der Waals surface area contributed by atoms with E-state index >= 15 is 0 Å². The molecule has 4 N–H and O–H groups in total. The molecule has 0 spiro atoms. The van der Waals surface area contributed by atoms with E-state index in [1.165, 1.54) is 6.92 Å². The minimum atomic E-state index is -2.20. The van der Waals surface area contributed by atoms with Crippen LogP contribution in [0.25, 0.3) is 0 Å². The van der Waals surface area contributed by atoms with Gasteiger partial charge in [-0.15, -0.1) is 0 Å². The summed E-state index contributed by atoms with van der Waals surface area (Å²) in [5, 5.41) is 0. The van der Waals surface area contributed by atoms with Gasteiger partial charge in [0.25, 0.3) is 0 Å². The van der Waals surface area contributed by atoms with Crippen LogP contribution in [0.15, 0.2) is 0 Å². The van der Waals surface area contributed by atoms with E-state index in [1.54, 1.807) is 0 Å². The van der Waals surface area contributed by atoms with Crippen molar-refractivity contribution >= 4 is 23.1 Å². The van der Waals surface area contributed by atoms with Crippen LogP contribution in [-0.2, 0) is 19.2 Å². The lowest BCUT2D eigenvalue weighted by Gasteiger charge is -2.45. The predicted octanol–water partition coefficient (Wildman–Crippen LogP) is 0.359. The fourth-order valence-corrected chi connectivity index (χ4v) is 2.90. The lowest BCUT2D eigenvalue weighted by atomic mass is 9.58. The molecular formula is C14H24N2O4. The largest absolute Gasteiger partial charge is 0.306 e. The standard InChI is InChI=1S/C14H24N2O4/c1-6-7-12(8(2)17)13(9(3)18,10(4)19)14(15,16)11(5)20/h12H,6-7,15-16H2,1-5H3. The molecule has 0 aliphatic heterocycles. The molecule has 0 amide bonds. The van der Waals surface area contributed by atoms with E-state index < -0.39 is 34.3 Å². The topological polar surface area (TPSA) is 120 Å². The Kier molecular flexibility index (Phi) is 5.92. The van der Waals surface area contributed by atoms with Gasteiger partial charge >= 0.3 is 0 Å². The minimum Gasteiger partial charge on any atom is -0.306 e. The molecule has 0 bridgehead atoms. The van der Waals surface area contributed by atoms with Crippen LogP contribution in [0, 0.1) is 11.3 Å². The molecule has 0 rings (SSSR count). The maximum absolute atomic E-state index is 12.2. The number of ketones is 4. The zero-order valence-corrected chi connectivity index (χ0v) is 12.8. The molecule has 0 saturated carbocycles. The Balaban J connectivity index is 6.45. The average Bonchev–Trinajstić information content (AvgIpc) is 2.26. The second-order valence-corrected chi connectivity index (χ2v) is 5.30. The van der Waals surface area contributed by atoms with E-state index in [0.29, 0.717) is 6.42 Å². The SMILES string of the molecule is CCCC(C(C)=O)C(C(C)=O)(C(C)=O)C(N)(N)C(C)=O. The molecule has 0 aromatic carbocycles. The van der Waals surface area contributed by atoms with Crippen LogP contribution in [-0.4, -0.2) is 28.8 Å². The van der Waals surface area contributed by atoms with Gasteiger partial charge in [-0.05, 0) is 34.1 Å². The van der Waals surface area contributed by atoms with Gasteiger partial charge in [0, 0.05) is 5.92 Å². The van der Waals surface area contributed by atoms with E-state index in [-0.39, 0.29) is 12.2 Å². The number of Topliss-reactive ketones (excluding diaryl/α,β-unsaturated/α-hetero) is 4. The second kappa shape index (κ2) is 6.37. The first-order valence-electron chi connectivity index (χ1n) is 6.59. The van der Waals surface area contributed by atoms with Crippen LogP contribution in [0.3, 0.4) is 0 Å². The number of carbonyl (C=O) groups is 4. The Morgan fingerprint density at radius 3 is 1.50 bits per heavy atom. The molecule has 6 nitrogen and oxygen atoms in total. The minimum absolute atomic E-state index is 0.262. The van der Waals surface area contributed by atoms with Gasteiger partial charge in [0.05, 0.1) is 0 Å². The van der Waals surface area contributed by atoms with Crippen molar-refractivity contribution in [1.29, 1.82) is 0 Å². The number of hydrogen-bond donors (Lipinski definition) is 2. The molecule has 6 heteroatoms. The summed E-state index contributed by atoms with van der Waals surface area (Å²) in [6.45, 7) is 6.49. The van der Waals surface area contributed by atoms with Crippen molar-refractivity contribution in [3.05, 3.63) is 0 Å². The Labute approximate surface area is 119 Å². The molecule has 0 aliphatic rings. The third-order valence-electron chi connectivity index (χ3n) is 3.94. The highest BCUT2D eigenvalue weighted by molar-refractivity contribution is 6.14. The van der Waals surface area contributed by atoms with Gasteiger partial charge in [0.1, 0.15) is 28.4 Å². The number of nitrogens with two attached hydrogens (primary N) is 2. The summed E-state index contributed by atoms with van der Waals surface area (Å²) < 4.78 is 0. The summed E-state index contributed by atoms with van der Waals surface area (Å²) >= 11 is 0. The van der Waals surface area contributed by atoms with E-state index in [2.05, 4.69) is 0 Å². The number of hydrogen-bond acceptors (Lipinski definition) is 6. The maximum atomic E-state index is 12.2. The molecular weight excluding hydrogens is 260 g/mol. The van der Waals surface area contributed by atoms with Crippen molar-refractivity contribution < 1.29 is 19.2 Å². The molecule has 1 atom stereocenters. The highest BCUT2D eigenvalue weighted by Gasteiger charge is 2.62. The van der Waals surface area contributed by atoms with Crippen molar-refractivity contribution in [2.24, 2.45) is 22.8 Å². The first kappa shape index (κ1) is 18.6. The zero-order chi connectivity index (χ0) is 16.3. The van der Waals surface area contributed by atoms with Gasteiger partial charge in [-0.25, -0.2) is 0 Å². The number of rotatable bonds is 8. The normalized spacial score (nSPS) is 13.8. The Morgan fingerprint density at radius 2 is 1.30 bits per heavy atom. The van der Waals surface area contributed by atoms with Crippen molar-refractivity contribution in [2.45, 2.75) is 53.1 Å². The molecule has 20 heavy (non-hydrogen) atoms. The summed E-state index contributed by atoms with van der Waals surface area (Å²) in [5.74, 6) is -3.39. The molecule has 0 aromatic heterocycles. The molecule has 114 valence electrons. The van der Waals surface area contributed by atoms with Crippen LogP contribution in [0.4, 0.5) is 0 Å². The lowest BCUT2D eigenvalue weighted by molar-refractivity contribution is -0.158. The van der Waals surface area contributed by atoms with E-state index in [4.69, 9.17) is 11.5 Å². The summed E-state index contributed by atoms with van der Waals surface area (Å²) in [4.78, 5) is 48.1. The van der Waals surface area contributed by atoms with Gasteiger partial charge in [0.2, 0.25) is 0 Å². The van der Waals surface area contributed by atoms with Crippen LogP contribution >= 0.6 is 0 Å². The van der Waals surface area contributed by atoms with Crippen molar-refractivity contribution in [3.8, 4) is 0 Å². The summed E-state index contributed by atoms with van der Waals surface area (Å²) in [5.41, 5.74) is 7.48. The van der Waals surface area contributed by atoms with E-state index in [9.17, 15) is 19.2 Å². The Hall–Kier alpha value is -1.40. The van der Waals surface area contributed by atoms with Gasteiger partial charge in [-0.2, -0.15) is 0 Å². The highest BCUT2D eigenvalue weighted by Crippen LogP contribution is 2.41. The summed E-state index contributed by atoms with van der Waals surface area (Å²) in [6, 6.07) is 0. The second-order valence-electron chi connectivity index (χ2n) is 5.30. The molecule has 0 aromatic rings. The van der Waals surface area contributed by atoms with Gasteiger partial charge in [-0.3, -0.25) is 19.2 Å². The van der Waals surface area contributed by atoms with Crippen LogP contribution in [0.1, 0.15) is 47.5 Å². The maximum Gasteiger partial charge on any atom is 0.165 e. The van der Waals surface area contributed by atoms with Gasteiger partial charge in [0.15, 0.2) is 5.78 Å². The van der Waals surface area contributed by atoms with Crippen molar-refractivity contribution in [2.75, 3.05) is 0 Å². The van der Waals surface area contributed by atoms with Crippen LogP contribution in [0.5, 0.6) is 0 Å². The average molecular weight is 284 g/mol. The Bertz CT molecular complexity index is 426. The van der Waals surface area contributed by atoms with Crippen LogP contribution < -0.4 is 11.5 Å². The van der Waals surface area contributed by atoms with Gasteiger partial charge in [-0.1, -0.05) is 13.3 Å². The third kappa shape index (κ3) is 2.71. The summed E-state index contributed by atoms with van der Waals surface area (Å²) in [6.07, 6.45) is 0.818. The van der Waals surface area contributed by atoms with Gasteiger partial charge < -0.3 is 11.5 Å². The zero-order valence-electron chi connectivity index (χ0n) is 12.8. The molecule has 0 fully saturated rings. The monoisotopic (exact) mass is 284 g/mol. The molecule has 0 aliphatic carbocycles. The van der Waals surface area contributed by atoms with Crippen LogP contribution in [0.2, 0.25) is 0 Å². The smallest absolute Gasteiger partial charge is 0.165 e. The molecule has 0 heterocycles. The molecule has 0 saturated heterocycles. The predicted molar refractivity (Wildman–Crippen MR) is 74.7 cm³/mol. The fraction of sp³-hybridized carbons (Fsp3) is 0.714. The lowest BCUT2D eigenvalue weighted by Crippen LogP contribution is -2.74. The summed E-state index contributed by atoms with van der Waals surface area (Å²) in [7, 11) is 0. The first-order valence-corrected chi connectivity index (χ1v) is 6.59. The number of carbonyl (C=O) groups excluding carboxylic acids is 4. The molecule has 0 radical (unpaired) electrons. The van der Waals surface area contributed by atoms with E-state index in [0.717, 1.165) is 20.8 Å². The van der Waals surface area contributed by atoms with Crippen molar-refractivity contribution in [3.63, 3.8) is 0 Å². The highest BCUT2D eigenvalue weighted by atomic mass is 16.2. The quantitative estimate of drug-likeness (QED) is 0.490.